The normalized spacial score (nSPS) is 17.2. The summed E-state index contributed by atoms with van der Waals surface area (Å²) < 4.78 is 3.23. The van der Waals surface area contributed by atoms with Crippen molar-refractivity contribution in [2.45, 2.75) is 44.6 Å². The highest BCUT2D eigenvalue weighted by Crippen LogP contribution is 2.33. The van der Waals surface area contributed by atoms with Crippen LogP contribution in [0.25, 0.3) is 5.65 Å². The second-order valence-corrected chi connectivity index (χ2v) is 8.25. The van der Waals surface area contributed by atoms with E-state index in [0.29, 0.717) is 43.3 Å². The van der Waals surface area contributed by atoms with E-state index in [0.717, 1.165) is 5.69 Å². The molecule has 0 saturated carbocycles. The molecule has 10 nitrogen and oxygen atoms in total. The molecule has 0 unspecified atom stereocenters. The number of anilines is 2. The molecule has 28 heavy (non-hydrogen) atoms. The Bertz CT molecular complexity index is 1020. The lowest BCUT2D eigenvalue weighted by Gasteiger charge is -2.39. The largest absolute Gasteiger partial charge is 0.479 e. The van der Waals surface area contributed by atoms with Gasteiger partial charge in [-0.2, -0.15) is 10.1 Å². The molecule has 0 aliphatic carbocycles. The molecule has 1 aliphatic heterocycles. The first-order valence-electron chi connectivity index (χ1n) is 9.22. The lowest BCUT2D eigenvalue weighted by Crippen LogP contribution is -2.51. The number of nitrogens with zero attached hydrogens (tertiary/aromatic N) is 7. The van der Waals surface area contributed by atoms with Crippen LogP contribution >= 0.6 is 0 Å². The number of fused-ring (bicyclic) bond motifs is 1. The van der Waals surface area contributed by atoms with Gasteiger partial charge in [-0.15, -0.1) is 10.2 Å². The van der Waals surface area contributed by atoms with Crippen LogP contribution in [0.15, 0.2) is 24.7 Å². The first kappa shape index (κ1) is 18.2. The number of carboxylic acid groups (broad SMARTS) is 1. The molecule has 4 rings (SSSR count). The summed E-state index contributed by atoms with van der Waals surface area (Å²) in [6, 6.07) is 3.71. The Labute approximate surface area is 162 Å². The van der Waals surface area contributed by atoms with Crippen molar-refractivity contribution in [1.82, 2.24) is 29.4 Å². The summed E-state index contributed by atoms with van der Waals surface area (Å²) in [7, 11) is 0. The Morgan fingerprint density at radius 1 is 1.29 bits per heavy atom. The predicted molar refractivity (Wildman–Crippen MR) is 103 cm³/mol. The molecule has 0 aromatic carbocycles. The molecule has 1 fully saturated rings. The Morgan fingerprint density at radius 2 is 2.00 bits per heavy atom. The number of hydrogen-bond donors (Lipinski definition) is 2. The molecule has 3 N–H and O–H groups in total. The molecular weight excluding hydrogens is 360 g/mol. The van der Waals surface area contributed by atoms with Crippen LogP contribution in [0.1, 0.15) is 39.3 Å². The van der Waals surface area contributed by atoms with Crippen molar-refractivity contribution in [3.05, 3.63) is 30.4 Å². The standard InChI is InChI=1S/C18H24N8O2/c1-17(2,3)12-4-7-26(23-12)18(15(27)28)5-8-24(9-6-18)13-10-14-22-20-11-25(14)16(19)21-13/h4,7,10-11H,5-6,8-9H2,1-3H3,(H2,19,21)(H,27,28). The number of nitrogen functional groups attached to an aromatic ring is 1. The van der Waals surface area contributed by atoms with Gasteiger partial charge in [0.1, 0.15) is 12.1 Å². The van der Waals surface area contributed by atoms with Crippen molar-refractivity contribution in [2.24, 2.45) is 0 Å². The van der Waals surface area contributed by atoms with Gasteiger partial charge >= 0.3 is 5.97 Å². The lowest BCUT2D eigenvalue weighted by molar-refractivity contribution is -0.149. The van der Waals surface area contributed by atoms with Crippen molar-refractivity contribution >= 4 is 23.4 Å². The van der Waals surface area contributed by atoms with E-state index in [1.165, 1.54) is 6.33 Å². The molecule has 0 bridgehead atoms. The van der Waals surface area contributed by atoms with Crippen molar-refractivity contribution in [3.63, 3.8) is 0 Å². The monoisotopic (exact) mass is 384 g/mol. The number of rotatable bonds is 3. The number of nitrogens with two attached hydrogens (primary N) is 1. The maximum absolute atomic E-state index is 12.2. The summed E-state index contributed by atoms with van der Waals surface area (Å²) in [6.45, 7) is 7.23. The van der Waals surface area contributed by atoms with Crippen molar-refractivity contribution in [2.75, 3.05) is 23.7 Å². The average molecular weight is 384 g/mol. The van der Waals surface area contributed by atoms with E-state index in [1.807, 2.05) is 17.0 Å². The molecule has 10 heteroatoms. The summed E-state index contributed by atoms with van der Waals surface area (Å²) >= 11 is 0. The highest BCUT2D eigenvalue weighted by atomic mass is 16.4. The van der Waals surface area contributed by atoms with Crippen LogP contribution in [0, 0.1) is 0 Å². The van der Waals surface area contributed by atoms with Gasteiger partial charge in [0.05, 0.1) is 5.69 Å². The Morgan fingerprint density at radius 3 is 2.61 bits per heavy atom. The zero-order chi connectivity index (χ0) is 20.1. The third kappa shape index (κ3) is 2.85. The maximum atomic E-state index is 12.2. The number of carboxylic acids is 1. The maximum Gasteiger partial charge on any atom is 0.331 e. The SMILES string of the molecule is CC(C)(C)c1ccn(C2(C(=O)O)CCN(c3cc4nncn4c(N)n3)CC2)n1. The van der Waals surface area contributed by atoms with Crippen LogP contribution in [0.3, 0.4) is 0 Å². The van der Waals surface area contributed by atoms with E-state index in [2.05, 4.69) is 41.1 Å². The highest BCUT2D eigenvalue weighted by Gasteiger charge is 2.44. The summed E-state index contributed by atoms with van der Waals surface area (Å²) in [4.78, 5) is 18.7. The molecule has 3 aromatic heterocycles. The fourth-order valence-corrected chi connectivity index (χ4v) is 3.61. The lowest BCUT2D eigenvalue weighted by atomic mass is 9.87. The minimum Gasteiger partial charge on any atom is -0.479 e. The third-order valence-corrected chi connectivity index (χ3v) is 5.42. The summed E-state index contributed by atoms with van der Waals surface area (Å²) in [5.41, 5.74) is 6.27. The quantitative estimate of drug-likeness (QED) is 0.691. The summed E-state index contributed by atoms with van der Waals surface area (Å²) in [6.07, 6.45) is 4.11. The molecule has 0 spiro atoms. The Kier molecular flexibility index (Phi) is 4.02. The topological polar surface area (TPSA) is 127 Å². The fraction of sp³-hybridized carbons (Fsp3) is 0.500. The predicted octanol–water partition coefficient (Wildman–Crippen LogP) is 1.28. The first-order chi connectivity index (χ1) is 13.2. The molecule has 148 valence electrons. The van der Waals surface area contributed by atoms with E-state index in [-0.39, 0.29) is 5.41 Å². The Hall–Kier alpha value is -3.17. The van der Waals surface area contributed by atoms with Gasteiger partial charge in [0.2, 0.25) is 5.95 Å². The van der Waals surface area contributed by atoms with Gasteiger partial charge in [0, 0.05) is 43.6 Å². The number of carbonyl (C=O) groups is 1. The van der Waals surface area contributed by atoms with Gasteiger partial charge in [-0.05, 0) is 6.07 Å². The van der Waals surface area contributed by atoms with Gasteiger partial charge < -0.3 is 15.7 Å². The molecule has 0 amide bonds. The molecule has 1 aliphatic rings. The van der Waals surface area contributed by atoms with Crippen LogP contribution in [0.2, 0.25) is 0 Å². The van der Waals surface area contributed by atoms with E-state index in [9.17, 15) is 9.90 Å². The zero-order valence-corrected chi connectivity index (χ0v) is 16.2. The van der Waals surface area contributed by atoms with Crippen LogP contribution < -0.4 is 10.6 Å². The molecular formula is C18H24N8O2. The van der Waals surface area contributed by atoms with E-state index in [1.54, 1.807) is 15.3 Å². The van der Waals surface area contributed by atoms with E-state index >= 15 is 0 Å². The number of hydrogen-bond acceptors (Lipinski definition) is 7. The first-order valence-corrected chi connectivity index (χ1v) is 9.22. The Balaban J connectivity index is 1.60. The van der Waals surface area contributed by atoms with Gasteiger partial charge in [0.15, 0.2) is 11.2 Å². The van der Waals surface area contributed by atoms with Crippen LogP contribution in [-0.2, 0) is 15.7 Å². The molecule has 0 radical (unpaired) electrons. The number of piperidine rings is 1. The van der Waals surface area contributed by atoms with Gasteiger partial charge in [0.25, 0.3) is 0 Å². The van der Waals surface area contributed by atoms with Crippen molar-refractivity contribution in [1.29, 1.82) is 0 Å². The third-order valence-electron chi connectivity index (χ3n) is 5.42. The molecule has 0 atom stereocenters. The number of aliphatic carboxylic acids is 1. The van der Waals surface area contributed by atoms with Crippen molar-refractivity contribution < 1.29 is 9.90 Å². The molecule has 4 heterocycles. The van der Waals surface area contributed by atoms with E-state index < -0.39 is 11.5 Å². The summed E-state index contributed by atoms with van der Waals surface area (Å²) in [5, 5.41) is 22.5. The second-order valence-electron chi connectivity index (χ2n) is 8.25. The van der Waals surface area contributed by atoms with Crippen LogP contribution in [0.5, 0.6) is 0 Å². The smallest absolute Gasteiger partial charge is 0.331 e. The average Bonchev–Trinajstić information content (AvgIpc) is 3.31. The van der Waals surface area contributed by atoms with Crippen molar-refractivity contribution in [3.8, 4) is 0 Å². The highest BCUT2D eigenvalue weighted by molar-refractivity contribution is 5.77. The second kappa shape index (κ2) is 6.18. The van der Waals surface area contributed by atoms with E-state index in [4.69, 9.17) is 5.73 Å². The molecule has 1 saturated heterocycles. The van der Waals surface area contributed by atoms with Gasteiger partial charge in [-0.25, -0.2) is 4.79 Å². The number of aromatic nitrogens is 6. The van der Waals surface area contributed by atoms with Gasteiger partial charge in [-0.1, -0.05) is 20.8 Å². The fourth-order valence-electron chi connectivity index (χ4n) is 3.61. The van der Waals surface area contributed by atoms with Gasteiger partial charge in [-0.3, -0.25) is 9.08 Å². The van der Waals surface area contributed by atoms with Crippen LogP contribution in [-0.4, -0.2) is 53.5 Å². The minimum atomic E-state index is -1.06. The minimum absolute atomic E-state index is 0.138. The zero-order valence-electron chi connectivity index (χ0n) is 16.2. The molecule has 3 aromatic rings. The summed E-state index contributed by atoms with van der Waals surface area (Å²) in [5.74, 6) is 0.110. The van der Waals surface area contributed by atoms with Crippen LogP contribution in [0.4, 0.5) is 11.8 Å².